The van der Waals surface area contributed by atoms with Crippen molar-refractivity contribution in [3.8, 4) is 28.5 Å². The van der Waals surface area contributed by atoms with Crippen LogP contribution in [0.1, 0.15) is 0 Å². The van der Waals surface area contributed by atoms with E-state index in [0.29, 0.717) is 17.1 Å². The molecule has 2 heterocycles. The maximum Gasteiger partial charge on any atom is 0.153 e. The molecule has 0 radical (unpaired) electrons. The SMILES string of the molecule is [O-]c1ccccc1-c1ccc(-c2ccccn2)o1. The van der Waals surface area contributed by atoms with Crippen LogP contribution in [0.15, 0.2) is 65.2 Å². The van der Waals surface area contributed by atoms with E-state index in [1.54, 1.807) is 24.4 Å². The van der Waals surface area contributed by atoms with Gasteiger partial charge in [-0.1, -0.05) is 36.1 Å². The van der Waals surface area contributed by atoms with Crippen LogP contribution in [0.25, 0.3) is 22.8 Å². The second-order valence-corrected chi connectivity index (χ2v) is 3.88. The van der Waals surface area contributed by atoms with Crippen molar-refractivity contribution in [1.82, 2.24) is 4.98 Å². The van der Waals surface area contributed by atoms with E-state index in [1.165, 1.54) is 6.07 Å². The van der Waals surface area contributed by atoms with Gasteiger partial charge in [-0.15, -0.1) is 0 Å². The van der Waals surface area contributed by atoms with Crippen molar-refractivity contribution in [3.05, 3.63) is 60.8 Å². The summed E-state index contributed by atoms with van der Waals surface area (Å²) in [5.74, 6) is 1.19. The van der Waals surface area contributed by atoms with E-state index in [0.717, 1.165) is 5.69 Å². The lowest BCUT2D eigenvalue weighted by molar-refractivity contribution is -0.267. The third-order valence-corrected chi connectivity index (χ3v) is 2.68. The van der Waals surface area contributed by atoms with Gasteiger partial charge < -0.3 is 9.52 Å². The first-order chi connectivity index (χ1) is 8.84. The highest BCUT2D eigenvalue weighted by atomic mass is 16.3. The van der Waals surface area contributed by atoms with E-state index in [2.05, 4.69) is 4.98 Å². The Morgan fingerprint density at radius 2 is 1.61 bits per heavy atom. The summed E-state index contributed by atoms with van der Waals surface area (Å²) < 4.78 is 5.67. The molecule has 0 aliphatic rings. The van der Waals surface area contributed by atoms with Crippen LogP contribution in [-0.2, 0) is 0 Å². The molecule has 1 aromatic carbocycles. The number of pyridine rings is 1. The fourth-order valence-electron chi connectivity index (χ4n) is 1.80. The lowest BCUT2D eigenvalue weighted by atomic mass is 10.1. The fraction of sp³-hybridized carbons (Fsp3) is 0. The lowest BCUT2D eigenvalue weighted by Crippen LogP contribution is -1.91. The monoisotopic (exact) mass is 236 g/mol. The standard InChI is InChI=1S/C15H11NO2/c17-13-7-2-1-5-11(13)14-8-9-15(18-14)12-6-3-4-10-16-12/h1-10,17H/p-1. The number of furan rings is 1. The third-order valence-electron chi connectivity index (χ3n) is 2.68. The Balaban J connectivity index is 2.03. The average molecular weight is 236 g/mol. The van der Waals surface area contributed by atoms with Crippen molar-refractivity contribution in [2.45, 2.75) is 0 Å². The quantitative estimate of drug-likeness (QED) is 0.687. The summed E-state index contributed by atoms with van der Waals surface area (Å²) in [5, 5.41) is 11.7. The molecule has 0 spiro atoms. The highest BCUT2D eigenvalue weighted by Gasteiger charge is 2.07. The van der Waals surface area contributed by atoms with Gasteiger partial charge in [0.25, 0.3) is 0 Å². The van der Waals surface area contributed by atoms with Gasteiger partial charge in [0.15, 0.2) is 5.76 Å². The molecule has 88 valence electrons. The van der Waals surface area contributed by atoms with Gasteiger partial charge in [0.2, 0.25) is 0 Å². The molecule has 0 atom stereocenters. The summed E-state index contributed by atoms with van der Waals surface area (Å²) in [5.41, 5.74) is 1.33. The molecule has 0 aliphatic carbocycles. The molecule has 0 saturated carbocycles. The van der Waals surface area contributed by atoms with Crippen molar-refractivity contribution < 1.29 is 9.52 Å². The zero-order chi connectivity index (χ0) is 12.4. The van der Waals surface area contributed by atoms with Gasteiger partial charge in [-0.3, -0.25) is 4.98 Å². The molecular weight excluding hydrogens is 226 g/mol. The number of rotatable bonds is 2. The molecule has 0 aliphatic heterocycles. The molecule has 18 heavy (non-hydrogen) atoms. The number of nitrogens with zero attached hydrogens (tertiary/aromatic N) is 1. The van der Waals surface area contributed by atoms with Crippen LogP contribution in [0.2, 0.25) is 0 Å². The minimum Gasteiger partial charge on any atom is -0.872 e. The zero-order valence-corrected chi connectivity index (χ0v) is 9.54. The van der Waals surface area contributed by atoms with Gasteiger partial charge >= 0.3 is 0 Å². The Labute approximate surface area is 104 Å². The van der Waals surface area contributed by atoms with E-state index >= 15 is 0 Å². The Bertz CT molecular complexity index is 659. The maximum absolute atomic E-state index is 11.7. The lowest BCUT2D eigenvalue weighted by Gasteiger charge is -2.09. The number of aromatic nitrogens is 1. The number of hydrogen-bond donors (Lipinski definition) is 0. The van der Waals surface area contributed by atoms with Gasteiger partial charge in [-0.2, -0.15) is 0 Å². The molecule has 0 unspecified atom stereocenters. The second-order valence-electron chi connectivity index (χ2n) is 3.88. The molecule has 0 amide bonds. The number of para-hydroxylation sites is 1. The van der Waals surface area contributed by atoms with Crippen LogP contribution >= 0.6 is 0 Å². The summed E-state index contributed by atoms with van der Waals surface area (Å²) in [7, 11) is 0. The summed E-state index contributed by atoms with van der Waals surface area (Å²) in [6, 6.07) is 16.0. The van der Waals surface area contributed by atoms with Crippen LogP contribution in [0, 0.1) is 0 Å². The molecule has 0 bridgehead atoms. The van der Waals surface area contributed by atoms with Crippen LogP contribution in [0.4, 0.5) is 0 Å². The molecule has 0 saturated heterocycles. The van der Waals surface area contributed by atoms with E-state index in [4.69, 9.17) is 4.42 Å². The summed E-state index contributed by atoms with van der Waals surface area (Å²) in [6.45, 7) is 0. The molecule has 3 nitrogen and oxygen atoms in total. The van der Waals surface area contributed by atoms with E-state index in [1.807, 2.05) is 30.3 Å². The molecule has 0 fully saturated rings. The Kier molecular flexibility index (Phi) is 2.57. The molecule has 3 heteroatoms. The fourth-order valence-corrected chi connectivity index (χ4v) is 1.80. The van der Waals surface area contributed by atoms with Gasteiger partial charge in [-0.05, 0) is 24.3 Å². The van der Waals surface area contributed by atoms with Crippen molar-refractivity contribution >= 4 is 0 Å². The normalized spacial score (nSPS) is 10.4. The first-order valence-corrected chi connectivity index (χ1v) is 5.62. The van der Waals surface area contributed by atoms with E-state index < -0.39 is 0 Å². The van der Waals surface area contributed by atoms with Gasteiger partial charge in [0.1, 0.15) is 11.5 Å². The molecule has 0 N–H and O–H groups in total. The van der Waals surface area contributed by atoms with Crippen LogP contribution in [0.5, 0.6) is 5.75 Å². The van der Waals surface area contributed by atoms with Gasteiger partial charge in [-0.25, -0.2) is 0 Å². The first kappa shape index (κ1) is 10.6. The van der Waals surface area contributed by atoms with Crippen LogP contribution < -0.4 is 5.11 Å². The van der Waals surface area contributed by atoms with Crippen LogP contribution in [0.3, 0.4) is 0 Å². The maximum atomic E-state index is 11.7. The summed E-state index contributed by atoms with van der Waals surface area (Å²) >= 11 is 0. The second kappa shape index (κ2) is 4.37. The van der Waals surface area contributed by atoms with Gasteiger partial charge in [0.05, 0.1) is 0 Å². The first-order valence-electron chi connectivity index (χ1n) is 5.62. The van der Waals surface area contributed by atoms with Crippen molar-refractivity contribution in [2.24, 2.45) is 0 Å². The minimum atomic E-state index is -0.0422. The van der Waals surface area contributed by atoms with Crippen molar-refractivity contribution in [1.29, 1.82) is 0 Å². The average Bonchev–Trinajstić information content (AvgIpc) is 2.90. The number of benzene rings is 1. The zero-order valence-electron chi connectivity index (χ0n) is 9.54. The Morgan fingerprint density at radius 3 is 2.39 bits per heavy atom. The highest BCUT2D eigenvalue weighted by Crippen LogP contribution is 2.31. The summed E-state index contributed by atoms with van der Waals surface area (Å²) in [4.78, 5) is 4.21. The van der Waals surface area contributed by atoms with E-state index in [-0.39, 0.29) is 5.75 Å². The molecular formula is C15H10NO2-. The summed E-state index contributed by atoms with van der Waals surface area (Å²) in [6.07, 6.45) is 1.71. The molecule has 2 aromatic heterocycles. The van der Waals surface area contributed by atoms with Crippen LogP contribution in [-0.4, -0.2) is 4.98 Å². The topological polar surface area (TPSA) is 49.1 Å². The largest absolute Gasteiger partial charge is 0.872 e. The van der Waals surface area contributed by atoms with Crippen molar-refractivity contribution in [3.63, 3.8) is 0 Å². The Morgan fingerprint density at radius 1 is 0.833 bits per heavy atom. The van der Waals surface area contributed by atoms with Gasteiger partial charge in [0, 0.05) is 11.8 Å². The third kappa shape index (κ3) is 1.86. The Hall–Kier alpha value is -2.55. The molecule has 3 rings (SSSR count). The predicted molar refractivity (Wildman–Crippen MR) is 66.8 cm³/mol. The smallest absolute Gasteiger partial charge is 0.153 e. The molecule has 3 aromatic rings. The number of hydrogen-bond acceptors (Lipinski definition) is 3. The predicted octanol–water partition coefficient (Wildman–Crippen LogP) is 3.08. The van der Waals surface area contributed by atoms with Crippen molar-refractivity contribution in [2.75, 3.05) is 0 Å². The van der Waals surface area contributed by atoms with E-state index in [9.17, 15) is 5.11 Å². The minimum absolute atomic E-state index is 0.0422. The highest BCUT2D eigenvalue weighted by molar-refractivity contribution is 5.67.